The zero-order valence-corrected chi connectivity index (χ0v) is 16.0. The molecule has 0 aromatic heterocycles. The van der Waals surface area contributed by atoms with E-state index in [1.807, 2.05) is 25.1 Å². The van der Waals surface area contributed by atoms with Crippen LogP contribution in [0.5, 0.6) is 0 Å². The summed E-state index contributed by atoms with van der Waals surface area (Å²) < 4.78 is 6.26. The van der Waals surface area contributed by atoms with E-state index in [9.17, 15) is 4.79 Å². The molecule has 4 heteroatoms. The molecule has 0 amide bonds. The number of benzene rings is 1. The molecule has 3 atom stereocenters. The Labute approximate surface area is 146 Å². The molecule has 1 saturated heterocycles. The van der Waals surface area contributed by atoms with Gasteiger partial charge in [0.15, 0.2) is 0 Å². The lowest BCUT2D eigenvalue weighted by Crippen LogP contribution is -2.63. The molecule has 3 unspecified atom stereocenters. The molecule has 1 aliphatic heterocycles. The van der Waals surface area contributed by atoms with E-state index in [-0.39, 0.29) is 11.4 Å². The number of ether oxygens (including phenoxy) is 1. The fraction of sp³-hybridized carbons (Fsp3) is 0.650. The van der Waals surface area contributed by atoms with Crippen molar-refractivity contribution in [2.45, 2.75) is 45.3 Å². The molecule has 4 nitrogen and oxygen atoms in total. The first-order valence-corrected chi connectivity index (χ1v) is 8.86. The van der Waals surface area contributed by atoms with Crippen molar-refractivity contribution in [3.63, 3.8) is 0 Å². The van der Waals surface area contributed by atoms with Gasteiger partial charge in [0.2, 0.25) is 0 Å². The standard InChI is InChI=1S/C20H32N2O2/c1-7-18(23)24-20(17-11-9-8-10-12-17)13-16(2)22(6)15-19(20,3)14-21(4)5/h8-12,16H,7,13-15H2,1-6H3. The second kappa shape index (κ2) is 7.24. The van der Waals surface area contributed by atoms with Gasteiger partial charge in [-0.2, -0.15) is 0 Å². The fourth-order valence-electron chi connectivity index (χ4n) is 4.19. The maximum Gasteiger partial charge on any atom is 0.306 e. The molecule has 1 aliphatic rings. The Balaban J connectivity index is 2.59. The molecule has 2 rings (SSSR count). The van der Waals surface area contributed by atoms with Crippen molar-refractivity contribution in [3.05, 3.63) is 35.9 Å². The summed E-state index contributed by atoms with van der Waals surface area (Å²) in [7, 11) is 6.33. The molecule has 0 radical (unpaired) electrons. The van der Waals surface area contributed by atoms with E-state index in [1.54, 1.807) is 0 Å². The third-order valence-corrected chi connectivity index (χ3v) is 5.39. The third kappa shape index (κ3) is 3.50. The van der Waals surface area contributed by atoms with Crippen molar-refractivity contribution in [3.8, 4) is 0 Å². The maximum atomic E-state index is 12.4. The van der Waals surface area contributed by atoms with Crippen LogP contribution < -0.4 is 0 Å². The van der Waals surface area contributed by atoms with E-state index < -0.39 is 5.60 Å². The lowest BCUT2D eigenvalue weighted by atomic mass is 9.63. The molecule has 0 saturated carbocycles. The van der Waals surface area contributed by atoms with Crippen LogP contribution in [0.25, 0.3) is 0 Å². The number of nitrogens with zero attached hydrogens (tertiary/aromatic N) is 2. The van der Waals surface area contributed by atoms with Crippen LogP contribution in [0.2, 0.25) is 0 Å². The van der Waals surface area contributed by atoms with Crippen molar-refractivity contribution in [1.82, 2.24) is 9.80 Å². The van der Waals surface area contributed by atoms with E-state index in [0.29, 0.717) is 12.5 Å². The van der Waals surface area contributed by atoms with Gasteiger partial charge >= 0.3 is 5.97 Å². The SMILES string of the molecule is CCC(=O)OC1(c2ccccc2)CC(C)N(C)CC1(C)CN(C)C. The number of hydrogen-bond donors (Lipinski definition) is 0. The highest BCUT2D eigenvalue weighted by Gasteiger charge is 2.56. The van der Waals surface area contributed by atoms with Crippen LogP contribution in [0.4, 0.5) is 0 Å². The summed E-state index contributed by atoms with van der Waals surface area (Å²) in [4.78, 5) is 16.9. The summed E-state index contributed by atoms with van der Waals surface area (Å²) >= 11 is 0. The van der Waals surface area contributed by atoms with Crippen LogP contribution in [0.1, 0.15) is 39.2 Å². The summed E-state index contributed by atoms with van der Waals surface area (Å²) in [5.74, 6) is -0.124. The van der Waals surface area contributed by atoms with Crippen molar-refractivity contribution in [2.24, 2.45) is 5.41 Å². The lowest BCUT2D eigenvalue weighted by Gasteiger charge is -2.56. The van der Waals surface area contributed by atoms with Crippen LogP contribution >= 0.6 is 0 Å². The van der Waals surface area contributed by atoms with Gasteiger partial charge < -0.3 is 14.5 Å². The highest BCUT2D eigenvalue weighted by Crippen LogP contribution is 2.51. The van der Waals surface area contributed by atoms with E-state index >= 15 is 0 Å². The summed E-state index contributed by atoms with van der Waals surface area (Å²) in [6, 6.07) is 10.7. The Kier molecular flexibility index (Phi) is 5.71. The molecule has 0 N–H and O–H groups in total. The average Bonchev–Trinajstić information content (AvgIpc) is 2.52. The zero-order chi connectivity index (χ0) is 18.0. The first kappa shape index (κ1) is 18.9. The Bertz CT molecular complexity index is 560. The molecular weight excluding hydrogens is 300 g/mol. The van der Waals surface area contributed by atoms with Gasteiger partial charge in [-0.3, -0.25) is 4.79 Å². The predicted octanol–water partition coefficient (Wildman–Crippen LogP) is 3.13. The normalized spacial score (nSPS) is 31.2. The minimum Gasteiger partial charge on any atom is -0.453 e. The van der Waals surface area contributed by atoms with Crippen LogP contribution in [0.3, 0.4) is 0 Å². The largest absolute Gasteiger partial charge is 0.453 e. The van der Waals surface area contributed by atoms with E-state index in [4.69, 9.17) is 4.74 Å². The molecule has 1 aromatic rings. The smallest absolute Gasteiger partial charge is 0.306 e. The highest BCUT2D eigenvalue weighted by atomic mass is 16.6. The van der Waals surface area contributed by atoms with Gasteiger partial charge in [0.25, 0.3) is 0 Å². The Morgan fingerprint density at radius 1 is 1.33 bits per heavy atom. The maximum absolute atomic E-state index is 12.4. The topological polar surface area (TPSA) is 32.8 Å². The average molecular weight is 332 g/mol. The van der Waals surface area contributed by atoms with Crippen LogP contribution in [0, 0.1) is 5.41 Å². The summed E-state index contributed by atoms with van der Waals surface area (Å²) in [6.07, 6.45) is 1.21. The number of likely N-dealkylation sites (tertiary alicyclic amines) is 1. The Morgan fingerprint density at radius 3 is 2.50 bits per heavy atom. The fourth-order valence-corrected chi connectivity index (χ4v) is 4.19. The third-order valence-electron chi connectivity index (χ3n) is 5.39. The molecule has 1 aromatic carbocycles. The monoisotopic (exact) mass is 332 g/mol. The van der Waals surface area contributed by atoms with E-state index in [2.05, 4.69) is 56.9 Å². The van der Waals surface area contributed by atoms with Gasteiger partial charge in [-0.1, -0.05) is 44.2 Å². The molecular formula is C20H32N2O2. The number of carbonyl (C=O) groups excluding carboxylic acids is 1. The van der Waals surface area contributed by atoms with E-state index in [1.165, 1.54) is 0 Å². The van der Waals surface area contributed by atoms with Crippen LogP contribution in [-0.4, -0.2) is 56.0 Å². The van der Waals surface area contributed by atoms with Gasteiger partial charge in [-0.05, 0) is 33.6 Å². The van der Waals surface area contributed by atoms with Crippen molar-refractivity contribution in [1.29, 1.82) is 0 Å². The molecule has 0 aliphatic carbocycles. The number of rotatable bonds is 5. The minimum absolute atomic E-state index is 0.124. The number of carbonyl (C=O) groups is 1. The molecule has 0 bridgehead atoms. The second-order valence-corrected chi connectivity index (χ2v) is 7.79. The minimum atomic E-state index is -0.600. The first-order chi connectivity index (χ1) is 11.2. The van der Waals surface area contributed by atoms with Crippen molar-refractivity contribution in [2.75, 3.05) is 34.2 Å². The van der Waals surface area contributed by atoms with Crippen molar-refractivity contribution < 1.29 is 9.53 Å². The number of hydrogen-bond acceptors (Lipinski definition) is 4. The number of piperidine rings is 1. The lowest BCUT2D eigenvalue weighted by molar-refractivity contribution is -0.200. The summed E-state index contributed by atoms with van der Waals surface area (Å²) in [5.41, 5.74) is 0.317. The first-order valence-electron chi connectivity index (χ1n) is 8.86. The van der Waals surface area contributed by atoms with Crippen LogP contribution in [-0.2, 0) is 15.1 Å². The van der Waals surface area contributed by atoms with Gasteiger partial charge in [-0.25, -0.2) is 0 Å². The van der Waals surface area contributed by atoms with Gasteiger partial charge in [0.05, 0.1) is 0 Å². The molecule has 1 heterocycles. The summed E-state index contributed by atoms with van der Waals surface area (Å²) in [5, 5.41) is 0. The van der Waals surface area contributed by atoms with Gasteiger partial charge in [-0.15, -0.1) is 0 Å². The predicted molar refractivity (Wildman–Crippen MR) is 97.9 cm³/mol. The van der Waals surface area contributed by atoms with Crippen LogP contribution in [0.15, 0.2) is 30.3 Å². The van der Waals surface area contributed by atoms with E-state index in [0.717, 1.165) is 25.1 Å². The molecule has 1 fully saturated rings. The van der Waals surface area contributed by atoms with Gasteiger partial charge in [0.1, 0.15) is 5.60 Å². The number of esters is 1. The quantitative estimate of drug-likeness (QED) is 0.776. The van der Waals surface area contributed by atoms with Crippen molar-refractivity contribution >= 4 is 5.97 Å². The Morgan fingerprint density at radius 2 is 1.96 bits per heavy atom. The molecule has 0 spiro atoms. The highest BCUT2D eigenvalue weighted by molar-refractivity contribution is 5.70. The second-order valence-electron chi connectivity index (χ2n) is 7.79. The molecule has 24 heavy (non-hydrogen) atoms. The summed E-state index contributed by atoms with van der Waals surface area (Å²) in [6.45, 7) is 8.08. The Hall–Kier alpha value is -1.39. The molecule has 134 valence electrons. The zero-order valence-electron chi connectivity index (χ0n) is 16.0. The van der Waals surface area contributed by atoms with Gasteiger partial charge in [0, 0.05) is 37.4 Å².